The van der Waals surface area contributed by atoms with E-state index in [4.69, 9.17) is 4.52 Å². The molecular weight excluding hydrogens is 374 g/mol. The highest BCUT2D eigenvalue weighted by atomic mass is 16.5. The van der Waals surface area contributed by atoms with Crippen molar-refractivity contribution in [2.75, 3.05) is 33.2 Å². The van der Waals surface area contributed by atoms with E-state index in [9.17, 15) is 4.79 Å². The molecule has 5 nitrogen and oxygen atoms in total. The van der Waals surface area contributed by atoms with E-state index in [2.05, 4.69) is 29.2 Å². The Balaban J connectivity index is 1.50. The number of amides is 1. The molecule has 30 heavy (non-hydrogen) atoms. The van der Waals surface area contributed by atoms with Crippen LogP contribution >= 0.6 is 0 Å². The average molecular weight is 404 g/mol. The molecule has 1 fully saturated rings. The van der Waals surface area contributed by atoms with Crippen molar-refractivity contribution < 1.29 is 9.32 Å². The van der Waals surface area contributed by atoms with Gasteiger partial charge in [-0.2, -0.15) is 0 Å². The van der Waals surface area contributed by atoms with Crippen LogP contribution in [0.4, 0.5) is 0 Å². The van der Waals surface area contributed by atoms with Crippen LogP contribution < -0.4 is 0 Å². The van der Waals surface area contributed by atoms with Crippen molar-refractivity contribution in [1.82, 2.24) is 15.0 Å². The van der Waals surface area contributed by atoms with Gasteiger partial charge >= 0.3 is 0 Å². The molecule has 1 aliphatic rings. The predicted molar refractivity (Wildman–Crippen MR) is 118 cm³/mol. The smallest absolute Gasteiger partial charge is 0.292 e. The molecular formula is C25H29N3O2. The highest BCUT2D eigenvalue weighted by molar-refractivity contribution is 5.92. The summed E-state index contributed by atoms with van der Waals surface area (Å²) in [6.07, 6.45) is 3.17. The number of benzene rings is 2. The molecule has 0 aliphatic carbocycles. The van der Waals surface area contributed by atoms with Crippen LogP contribution in [0.25, 0.3) is 11.3 Å². The van der Waals surface area contributed by atoms with Crippen molar-refractivity contribution in [3.63, 3.8) is 0 Å². The van der Waals surface area contributed by atoms with E-state index >= 15 is 0 Å². The van der Waals surface area contributed by atoms with Crippen LogP contribution in [0.15, 0.2) is 71.3 Å². The summed E-state index contributed by atoms with van der Waals surface area (Å²) < 4.78 is 5.47. The van der Waals surface area contributed by atoms with Crippen molar-refractivity contribution in [1.29, 1.82) is 0 Å². The number of carbonyl (C=O) groups is 1. The third-order valence-corrected chi connectivity index (χ3v) is 5.79. The number of carbonyl (C=O) groups excluding carboxylic acids is 1. The second kappa shape index (κ2) is 9.72. The largest absolute Gasteiger partial charge is 0.350 e. The Kier molecular flexibility index (Phi) is 6.60. The van der Waals surface area contributed by atoms with Crippen LogP contribution in [0.3, 0.4) is 0 Å². The molecule has 156 valence electrons. The maximum Gasteiger partial charge on any atom is 0.292 e. The molecule has 1 amide bonds. The summed E-state index contributed by atoms with van der Waals surface area (Å²) in [5, 5.41) is 4.14. The minimum absolute atomic E-state index is 0.0751. The van der Waals surface area contributed by atoms with Gasteiger partial charge < -0.3 is 14.3 Å². The van der Waals surface area contributed by atoms with E-state index in [0.717, 1.165) is 38.0 Å². The van der Waals surface area contributed by atoms with Gasteiger partial charge in [-0.25, -0.2) is 0 Å². The van der Waals surface area contributed by atoms with Gasteiger partial charge in [-0.05, 0) is 44.3 Å². The lowest BCUT2D eigenvalue weighted by Gasteiger charge is -2.33. The molecule has 0 unspecified atom stereocenters. The molecule has 0 bridgehead atoms. The zero-order valence-corrected chi connectivity index (χ0v) is 17.5. The Labute approximate surface area is 178 Å². The second-order valence-corrected chi connectivity index (χ2v) is 8.20. The number of hydrogen-bond acceptors (Lipinski definition) is 4. The normalized spacial score (nSPS) is 17.0. The van der Waals surface area contributed by atoms with Crippen LogP contribution in [-0.2, 0) is 6.42 Å². The number of hydrogen-bond donors (Lipinski definition) is 0. The van der Waals surface area contributed by atoms with Crippen molar-refractivity contribution in [3.05, 3.63) is 78.1 Å². The standard InChI is InChI=1S/C25H29N3O2/c1-27-15-8-11-21(18-27)19-28(16-14-20-9-4-2-5-10-20)25(29)24-17-23(26-30-24)22-12-6-3-7-13-22/h2-7,9-10,12-13,17,21H,8,11,14-16,18-19H2,1H3/t21-/m0/s1. The summed E-state index contributed by atoms with van der Waals surface area (Å²) >= 11 is 0. The quantitative estimate of drug-likeness (QED) is 0.588. The Bertz CT molecular complexity index is 939. The maximum absolute atomic E-state index is 13.3. The molecule has 1 atom stereocenters. The lowest BCUT2D eigenvalue weighted by Crippen LogP contribution is -2.42. The molecule has 0 radical (unpaired) electrons. The van der Waals surface area contributed by atoms with Crippen molar-refractivity contribution in [2.24, 2.45) is 5.92 Å². The SMILES string of the molecule is CN1CCC[C@H](CN(CCc2ccccc2)C(=O)c2cc(-c3ccccc3)no2)C1. The highest BCUT2D eigenvalue weighted by Crippen LogP contribution is 2.22. The minimum atomic E-state index is -0.0751. The van der Waals surface area contributed by atoms with Gasteiger partial charge in [-0.1, -0.05) is 65.8 Å². The topological polar surface area (TPSA) is 49.6 Å². The van der Waals surface area contributed by atoms with Gasteiger partial charge in [-0.3, -0.25) is 4.79 Å². The number of rotatable bonds is 7. The molecule has 0 spiro atoms. The first kappa shape index (κ1) is 20.4. The van der Waals surface area contributed by atoms with E-state index in [0.29, 0.717) is 23.9 Å². The molecule has 1 aromatic heterocycles. The van der Waals surface area contributed by atoms with Gasteiger partial charge in [0, 0.05) is 31.3 Å². The fourth-order valence-corrected chi connectivity index (χ4v) is 4.20. The average Bonchev–Trinajstić information content (AvgIpc) is 3.28. The van der Waals surface area contributed by atoms with Crippen LogP contribution in [0.5, 0.6) is 0 Å². The molecule has 5 heteroatoms. The predicted octanol–water partition coefficient (Wildman–Crippen LogP) is 4.37. The number of nitrogens with zero attached hydrogens (tertiary/aromatic N) is 3. The molecule has 3 aromatic rings. The Hall–Kier alpha value is -2.92. The first-order chi connectivity index (χ1) is 14.7. The van der Waals surface area contributed by atoms with E-state index < -0.39 is 0 Å². The molecule has 4 rings (SSSR count). The fourth-order valence-electron chi connectivity index (χ4n) is 4.20. The van der Waals surface area contributed by atoms with Gasteiger partial charge in [0.2, 0.25) is 5.76 Å². The van der Waals surface area contributed by atoms with Crippen molar-refractivity contribution in [2.45, 2.75) is 19.3 Å². The van der Waals surface area contributed by atoms with Gasteiger partial charge in [0.15, 0.2) is 0 Å². The minimum Gasteiger partial charge on any atom is -0.350 e. The third kappa shape index (κ3) is 5.16. The molecule has 1 saturated heterocycles. The van der Waals surface area contributed by atoms with Crippen LogP contribution in [-0.4, -0.2) is 54.1 Å². The lowest BCUT2D eigenvalue weighted by molar-refractivity contribution is 0.0652. The van der Waals surface area contributed by atoms with Crippen molar-refractivity contribution in [3.8, 4) is 11.3 Å². The molecule has 2 aromatic carbocycles. The molecule has 2 heterocycles. The summed E-state index contributed by atoms with van der Waals surface area (Å²) in [4.78, 5) is 17.7. The molecule has 0 N–H and O–H groups in total. The fraction of sp³-hybridized carbons (Fsp3) is 0.360. The third-order valence-electron chi connectivity index (χ3n) is 5.79. The summed E-state index contributed by atoms with van der Waals surface area (Å²) in [5.41, 5.74) is 2.88. The first-order valence-corrected chi connectivity index (χ1v) is 10.7. The number of likely N-dealkylation sites (tertiary alicyclic amines) is 1. The van der Waals surface area contributed by atoms with Gasteiger partial charge in [-0.15, -0.1) is 0 Å². The number of piperidine rings is 1. The van der Waals surface area contributed by atoms with Gasteiger partial charge in [0.25, 0.3) is 5.91 Å². The van der Waals surface area contributed by atoms with Crippen LogP contribution in [0.1, 0.15) is 29.0 Å². The van der Waals surface area contributed by atoms with Gasteiger partial charge in [0.05, 0.1) is 0 Å². The highest BCUT2D eigenvalue weighted by Gasteiger charge is 2.26. The van der Waals surface area contributed by atoms with E-state index in [1.165, 1.54) is 12.0 Å². The summed E-state index contributed by atoms with van der Waals surface area (Å²) in [7, 11) is 2.16. The Morgan fingerprint density at radius 1 is 1.13 bits per heavy atom. The molecule has 0 saturated carbocycles. The second-order valence-electron chi connectivity index (χ2n) is 8.20. The summed E-state index contributed by atoms with van der Waals surface area (Å²) in [5.74, 6) is 0.722. The summed E-state index contributed by atoms with van der Waals surface area (Å²) in [6, 6.07) is 21.9. The van der Waals surface area contributed by atoms with E-state index in [-0.39, 0.29) is 5.91 Å². The first-order valence-electron chi connectivity index (χ1n) is 10.7. The van der Waals surface area contributed by atoms with E-state index in [1.54, 1.807) is 6.07 Å². The Morgan fingerprint density at radius 2 is 1.87 bits per heavy atom. The zero-order valence-electron chi connectivity index (χ0n) is 17.5. The molecule has 1 aliphatic heterocycles. The maximum atomic E-state index is 13.3. The lowest BCUT2D eigenvalue weighted by atomic mass is 9.97. The van der Waals surface area contributed by atoms with Crippen LogP contribution in [0, 0.1) is 5.92 Å². The summed E-state index contributed by atoms with van der Waals surface area (Å²) in [6.45, 7) is 3.58. The number of aromatic nitrogens is 1. The zero-order chi connectivity index (χ0) is 20.8. The monoisotopic (exact) mass is 403 g/mol. The Morgan fingerprint density at radius 3 is 2.60 bits per heavy atom. The van der Waals surface area contributed by atoms with E-state index in [1.807, 2.05) is 53.4 Å². The van der Waals surface area contributed by atoms with Crippen LogP contribution in [0.2, 0.25) is 0 Å². The van der Waals surface area contributed by atoms with Crippen molar-refractivity contribution >= 4 is 5.91 Å². The van der Waals surface area contributed by atoms with Gasteiger partial charge in [0.1, 0.15) is 5.69 Å².